The van der Waals surface area contributed by atoms with Gasteiger partial charge in [0.25, 0.3) is 0 Å². The van der Waals surface area contributed by atoms with E-state index in [-0.39, 0.29) is 0 Å². The Morgan fingerprint density at radius 3 is 2.24 bits per heavy atom. The summed E-state index contributed by atoms with van der Waals surface area (Å²) in [4.78, 5) is 2.55. The lowest BCUT2D eigenvalue weighted by atomic mass is 10.1. The molecule has 0 heterocycles. The highest BCUT2D eigenvalue weighted by atomic mass is 15.1. The number of nitrogens with one attached hydrogen (secondary N) is 1. The summed E-state index contributed by atoms with van der Waals surface area (Å²) in [7, 11) is 2.28. The van der Waals surface area contributed by atoms with Crippen LogP contribution >= 0.6 is 0 Å². The van der Waals surface area contributed by atoms with Gasteiger partial charge in [0.15, 0.2) is 0 Å². The van der Waals surface area contributed by atoms with Crippen LogP contribution < -0.4 is 5.32 Å². The Bertz CT molecular complexity index is 157. The number of hydrogen-bond donors (Lipinski definition) is 1. The summed E-state index contributed by atoms with van der Waals surface area (Å²) in [6.45, 7) is 12.6. The second-order valence-corrected chi connectivity index (χ2v) is 5.68. The summed E-state index contributed by atoms with van der Waals surface area (Å²) in [5.74, 6) is 0.752. The number of hydrogen-bond acceptors (Lipinski definition) is 2. The monoisotopic (exact) mass is 242 g/mol. The van der Waals surface area contributed by atoms with Gasteiger partial charge in [-0.25, -0.2) is 0 Å². The van der Waals surface area contributed by atoms with E-state index in [2.05, 4.69) is 45.0 Å². The molecule has 2 heteroatoms. The molecule has 0 aliphatic heterocycles. The van der Waals surface area contributed by atoms with Crippen LogP contribution in [0.4, 0.5) is 0 Å². The SMILES string of the molecule is CCCCCN(C)C(CCC)CNCC(C)C. The van der Waals surface area contributed by atoms with Crippen LogP contribution in [0.1, 0.15) is 59.8 Å². The molecule has 0 radical (unpaired) electrons. The Morgan fingerprint density at radius 1 is 1.00 bits per heavy atom. The summed E-state index contributed by atoms with van der Waals surface area (Å²) in [5, 5.41) is 3.60. The summed E-state index contributed by atoms with van der Waals surface area (Å²) in [5.41, 5.74) is 0. The molecular weight excluding hydrogens is 208 g/mol. The van der Waals surface area contributed by atoms with Gasteiger partial charge in [-0.3, -0.25) is 0 Å². The third kappa shape index (κ3) is 9.61. The summed E-state index contributed by atoms with van der Waals surface area (Å²) in [6, 6.07) is 0.718. The maximum Gasteiger partial charge on any atom is 0.0217 e. The van der Waals surface area contributed by atoms with Gasteiger partial charge in [0.05, 0.1) is 0 Å². The van der Waals surface area contributed by atoms with Crippen LogP contribution in [0.3, 0.4) is 0 Å². The first kappa shape index (κ1) is 16.9. The lowest BCUT2D eigenvalue weighted by molar-refractivity contribution is 0.217. The van der Waals surface area contributed by atoms with E-state index in [1.165, 1.54) is 38.6 Å². The van der Waals surface area contributed by atoms with E-state index in [1.807, 2.05) is 0 Å². The first-order valence-corrected chi connectivity index (χ1v) is 7.52. The Balaban J connectivity index is 3.84. The van der Waals surface area contributed by atoms with E-state index in [9.17, 15) is 0 Å². The largest absolute Gasteiger partial charge is 0.315 e. The van der Waals surface area contributed by atoms with E-state index >= 15 is 0 Å². The average molecular weight is 242 g/mol. The van der Waals surface area contributed by atoms with E-state index in [1.54, 1.807) is 0 Å². The fourth-order valence-corrected chi connectivity index (χ4v) is 2.14. The van der Waals surface area contributed by atoms with Crippen molar-refractivity contribution in [2.45, 2.75) is 65.8 Å². The van der Waals surface area contributed by atoms with Crippen molar-refractivity contribution in [1.29, 1.82) is 0 Å². The number of nitrogens with zero attached hydrogens (tertiary/aromatic N) is 1. The molecule has 1 unspecified atom stereocenters. The van der Waals surface area contributed by atoms with Gasteiger partial charge in [-0.2, -0.15) is 0 Å². The van der Waals surface area contributed by atoms with Crippen molar-refractivity contribution in [3.63, 3.8) is 0 Å². The maximum atomic E-state index is 3.60. The van der Waals surface area contributed by atoms with E-state index in [4.69, 9.17) is 0 Å². The van der Waals surface area contributed by atoms with Gasteiger partial charge in [-0.05, 0) is 38.9 Å². The highest BCUT2D eigenvalue weighted by molar-refractivity contribution is 4.71. The molecule has 104 valence electrons. The zero-order valence-electron chi connectivity index (χ0n) is 12.8. The molecular formula is C15H34N2. The van der Waals surface area contributed by atoms with Gasteiger partial charge in [0.1, 0.15) is 0 Å². The van der Waals surface area contributed by atoms with Crippen LogP contribution in [-0.2, 0) is 0 Å². The van der Waals surface area contributed by atoms with Crippen LogP contribution in [0.15, 0.2) is 0 Å². The third-order valence-corrected chi connectivity index (χ3v) is 3.29. The zero-order chi connectivity index (χ0) is 13.1. The first-order valence-electron chi connectivity index (χ1n) is 7.52. The van der Waals surface area contributed by atoms with Crippen molar-refractivity contribution in [3.05, 3.63) is 0 Å². The third-order valence-electron chi connectivity index (χ3n) is 3.29. The molecule has 0 spiro atoms. The number of unbranched alkanes of at least 4 members (excludes halogenated alkanes) is 2. The fraction of sp³-hybridized carbons (Fsp3) is 1.00. The van der Waals surface area contributed by atoms with Crippen molar-refractivity contribution < 1.29 is 0 Å². The molecule has 2 nitrogen and oxygen atoms in total. The number of likely N-dealkylation sites (N-methyl/N-ethyl adjacent to an activating group) is 1. The lowest BCUT2D eigenvalue weighted by Crippen LogP contribution is -2.41. The molecule has 0 amide bonds. The average Bonchev–Trinajstić information content (AvgIpc) is 2.27. The number of rotatable bonds is 11. The second kappa shape index (κ2) is 11.0. The summed E-state index contributed by atoms with van der Waals surface area (Å²) >= 11 is 0. The minimum absolute atomic E-state index is 0.718. The predicted molar refractivity (Wildman–Crippen MR) is 78.6 cm³/mol. The topological polar surface area (TPSA) is 15.3 Å². The molecule has 17 heavy (non-hydrogen) atoms. The van der Waals surface area contributed by atoms with E-state index in [0.717, 1.165) is 25.0 Å². The van der Waals surface area contributed by atoms with Gasteiger partial charge >= 0.3 is 0 Å². The van der Waals surface area contributed by atoms with Crippen molar-refractivity contribution in [2.75, 3.05) is 26.7 Å². The minimum Gasteiger partial charge on any atom is -0.315 e. The Labute approximate surface area is 109 Å². The van der Waals surface area contributed by atoms with Crippen molar-refractivity contribution in [2.24, 2.45) is 5.92 Å². The fourth-order valence-electron chi connectivity index (χ4n) is 2.14. The molecule has 0 fully saturated rings. The first-order chi connectivity index (χ1) is 8.11. The summed E-state index contributed by atoms with van der Waals surface area (Å²) < 4.78 is 0. The molecule has 0 aliphatic carbocycles. The molecule has 0 aromatic rings. The molecule has 1 N–H and O–H groups in total. The van der Waals surface area contributed by atoms with Crippen LogP contribution in [-0.4, -0.2) is 37.6 Å². The second-order valence-electron chi connectivity index (χ2n) is 5.68. The molecule has 0 rings (SSSR count). The van der Waals surface area contributed by atoms with Gasteiger partial charge in [-0.1, -0.05) is 47.0 Å². The molecule has 0 saturated heterocycles. The lowest BCUT2D eigenvalue weighted by Gasteiger charge is -2.28. The van der Waals surface area contributed by atoms with Crippen LogP contribution in [0.25, 0.3) is 0 Å². The Kier molecular flexibility index (Phi) is 11.0. The molecule has 0 aromatic heterocycles. The minimum atomic E-state index is 0.718. The van der Waals surface area contributed by atoms with Gasteiger partial charge in [0.2, 0.25) is 0 Å². The smallest absolute Gasteiger partial charge is 0.0217 e. The molecule has 0 aromatic carbocycles. The Morgan fingerprint density at radius 2 is 1.71 bits per heavy atom. The van der Waals surface area contributed by atoms with Crippen molar-refractivity contribution in [1.82, 2.24) is 10.2 Å². The zero-order valence-corrected chi connectivity index (χ0v) is 12.8. The highest BCUT2D eigenvalue weighted by Crippen LogP contribution is 2.07. The van der Waals surface area contributed by atoms with Crippen molar-refractivity contribution in [3.8, 4) is 0 Å². The summed E-state index contributed by atoms with van der Waals surface area (Å²) in [6.07, 6.45) is 6.62. The van der Waals surface area contributed by atoms with Crippen LogP contribution in [0, 0.1) is 5.92 Å². The normalized spacial score (nSPS) is 13.6. The molecule has 0 saturated carbocycles. The van der Waals surface area contributed by atoms with E-state index in [0.29, 0.717) is 0 Å². The Hall–Kier alpha value is -0.0800. The quantitative estimate of drug-likeness (QED) is 0.558. The molecule has 0 bridgehead atoms. The molecule has 1 atom stereocenters. The predicted octanol–water partition coefficient (Wildman–Crippen LogP) is 3.52. The van der Waals surface area contributed by atoms with Crippen LogP contribution in [0.5, 0.6) is 0 Å². The molecule has 0 aliphatic rings. The van der Waals surface area contributed by atoms with Crippen molar-refractivity contribution >= 4 is 0 Å². The standard InChI is InChI=1S/C15H34N2/c1-6-8-9-11-17(5)15(10-7-2)13-16-12-14(3)4/h14-16H,6-13H2,1-5H3. The van der Waals surface area contributed by atoms with Gasteiger partial charge in [-0.15, -0.1) is 0 Å². The van der Waals surface area contributed by atoms with Gasteiger partial charge in [0, 0.05) is 12.6 Å². The maximum absolute atomic E-state index is 3.60. The highest BCUT2D eigenvalue weighted by Gasteiger charge is 2.12. The van der Waals surface area contributed by atoms with Gasteiger partial charge < -0.3 is 10.2 Å². The van der Waals surface area contributed by atoms with E-state index < -0.39 is 0 Å². The van der Waals surface area contributed by atoms with Crippen LogP contribution in [0.2, 0.25) is 0 Å².